The van der Waals surface area contributed by atoms with Crippen LogP contribution >= 0.6 is 0 Å². The first-order valence-corrected chi connectivity index (χ1v) is 10.3. The highest BCUT2D eigenvalue weighted by Gasteiger charge is 2.21. The number of para-hydroxylation sites is 1. The summed E-state index contributed by atoms with van der Waals surface area (Å²) >= 11 is 0. The van der Waals surface area contributed by atoms with E-state index in [0.717, 1.165) is 13.1 Å². The maximum absolute atomic E-state index is 12.5. The molecule has 3 rings (SSSR count). The molecule has 30 heavy (non-hydrogen) atoms. The molecule has 1 saturated heterocycles. The fourth-order valence-corrected chi connectivity index (χ4v) is 3.38. The van der Waals surface area contributed by atoms with Crippen LogP contribution in [-0.4, -0.2) is 55.3 Å². The lowest BCUT2D eigenvalue weighted by atomic mass is 10.2. The minimum absolute atomic E-state index is 0.0481. The molecule has 0 spiro atoms. The zero-order chi connectivity index (χ0) is 21.3. The monoisotopic (exact) mass is 408 g/mol. The highest BCUT2D eigenvalue weighted by atomic mass is 16.2. The van der Waals surface area contributed by atoms with Crippen LogP contribution in [0, 0.1) is 0 Å². The Morgan fingerprint density at radius 2 is 1.67 bits per heavy atom. The summed E-state index contributed by atoms with van der Waals surface area (Å²) < 4.78 is 0. The summed E-state index contributed by atoms with van der Waals surface area (Å²) in [5, 5.41) is 5.52. The fraction of sp³-hybridized carbons (Fsp3) is 0.348. The molecule has 2 aromatic rings. The van der Waals surface area contributed by atoms with E-state index in [4.69, 9.17) is 0 Å². The number of anilines is 2. The molecule has 1 aliphatic heterocycles. The van der Waals surface area contributed by atoms with E-state index in [0.29, 0.717) is 30.8 Å². The van der Waals surface area contributed by atoms with E-state index in [1.807, 2.05) is 23.1 Å². The Morgan fingerprint density at radius 3 is 2.37 bits per heavy atom. The molecule has 7 nitrogen and oxygen atoms in total. The summed E-state index contributed by atoms with van der Waals surface area (Å²) in [5.74, 6) is -0.318. The number of nitrogens with one attached hydrogen (secondary N) is 2. The summed E-state index contributed by atoms with van der Waals surface area (Å²) in [6, 6.07) is 17.0. The van der Waals surface area contributed by atoms with Gasteiger partial charge in [-0.2, -0.15) is 0 Å². The van der Waals surface area contributed by atoms with Gasteiger partial charge in [-0.3, -0.25) is 14.4 Å². The summed E-state index contributed by atoms with van der Waals surface area (Å²) in [7, 11) is 0. The number of hydrogen-bond donors (Lipinski definition) is 2. The lowest BCUT2D eigenvalue weighted by Gasteiger charge is -2.36. The molecule has 2 N–H and O–H groups in total. The Morgan fingerprint density at radius 1 is 0.933 bits per heavy atom. The first-order valence-electron chi connectivity index (χ1n) is 10.3. The van der Waals surface area contributed by atoms with Crippen molar-refractivity contribution < 1.29 is 14.4 Å². The fourth-order valence-electron chi connectivity index (χ4n) is 3.38. The largest absolute Gasteiger partial charge is 0.368 e. The highest BCUT2D eigenvalue weighted by molar-refractivity contribution is 5.97. The van der Waals surface area contributed by atoms with E-state index in [1.54, 1.807) is 31.2 Å². The summed E-state index contributed by atoms with van der Waals surface area (Å²) in [5.41, 5.74) is 2.21. The Bertz CT molecular complexity index is 877. The standard InChI is InChI=1S/C23H28N4O3/c1-2-21(28)25-19-8-6-7-18(17-19)23(30)24-12-11-22(29)27-15-13-26(14-16-27)20-9-4-3-5-10-20/h3-10,17H,2,11-16H2,1H3,(H,24,30)(H,25,28). The van der Waals surface area contributed by atoms with Gasteiger partial charge in [-0.25, -0.2) is 0 Å². The molecule has 0 bridgehead atoms. The number of rotatable bonds is 7. The molecule has 1 aliphatic rings. The molecule has 0 radical (unpaired) electrons. The van der Waals surface area contributed by atoms with Crippen LogP contribution in [-0.2, 0) is 9.59 Å². The van der Waals surface area contributed by atoms with Gasteiger partial charge in [-0.05, 0) is 30.3 Å². The summed E-state index contributed by atoms with van der Waals surface area (Å²) in [6.45, 7) is 5.02. The van der Waals surface area contributed by atoms with Crippen molar-refractivity contribution in [2.24, 2.45) is 0 Å². The maximum atomic E-state index is 12.5. The normalized spacial score (nSPS) is 13.6. The van der Waals surface area contributed by atoms with Gasteiger partial charge in [0.15, 0.2) is 0 Å². The summed E-state index contributed by atoms with van der Waals surface area (Å²) in [6.07, 6.45) is 0.640. The van der Waals surface area contributed by atoms with Gasteiger partial charge >= 0.3 is 0 Å². The molecule has 0 unspecified atom stereocenters. The lowest BCUT2D eigenvalue weighted by Crippen LogP contribution is -2.49. The Balaban J connectivity index is 1.42. The molecule has 0 aliphatic carbocycles. The number of carbonyl (C=O) groups excluding carboxylic acids is 3. The Labute approximate surface area is 177 Å². The van der Waals surface area contributed by atoms with Crippen LogP contribution in [0.3, 0.4) is 0 Å². The second-order valence-electron chi connectivity index (χ2n) is 7.19. The number of piperazine rings is 1. The predicted molar refractivity (Wildman–Crippen MR) is 118 cm³/mol. The first-order chi connectivity index (χ1) is 14.6. The van der Waals surface area contributed by atoms with E-state index < -0.39 is 0 Å². The molecular formula is C23H28N4O3. The smallest absolute Gasteiger partial charge is 0.251 e. The van der Waals surface area contributed by atoms with Gasteiger partial charge in [-0.1, -0.05) is 31.2 Å². The number of hydrogen-bond acceptors (Lipinski definition) is 4. The van der Waals surface area contributed by atoms with Crippen molar-refractivity contribution in [1.29, 1.82) is 0 Å². The van der Waals surface area contributed by atoms with Crippen molar-refractivity contribution in [3.8, 4) is 0 Å². The highest BCUT2D eigenvalue weighted by Crippen LogP contribution is 2.16. The SMILES string of the molecule is CCC(=O)Nc1cccc(C(=O)NCCC(=O)N2CCN(c3ccccc3)CC2)c1. The van der Waals surface area contributed by atoms with Gasteiger partial charge in [-0.15, -0.1) is 0 Å². The third kappa shape index (κ3) is 5.83. The van der Waals surface area contributed by atoms with Gasteiger partial charge in [0.2, 0.25) is 11.8 Å². The molecule has 1 fully saturated rings. The first kappa shape index (κ1) is 21.4. The van der Waals surface area contributed by atoms with Crippen LogP contribution in [0.5, 0.6) is 0 Å². The molecule has 2 aromatic carbocycles. The van der Waals surface area contributed by atoms with Gasteiger partial charge in [0.05, 0.1) is 0 Å². The molecule has 3 amide bonds. The second-order valence-corrected chi connectivity index (χ2v) is 7.19. The van der Waals surface area contributed by atoms with Crippen LogP contribution in [0.1, 0.15) is 30.1 Å². The molecule has 0 atom stereocenters. The zero-order valence-electron chi connectivity index (χ0n) is 17.3. The van der Waals surface area contributed by atoms with Crippen LogP contribution in [0.2, 0.25) is 0 Å². The average molecular weight is 409 g/mol. The van der Waals surface area contributed by atoms with Crippen LogP contribution in [0.15, 0.2) is 54.6 Å². The van der Waals surface area contributed by atoms with E-state index >= 15 is 0 Å². The minimum atomic E-state index is -0.260. The number of benzene rings is 2. The number of carbonyl (C=O) groups is 3. The van der Waals surface area contributed by atoms with Crippen LogP contribution in [0.25, 0.3) is 0 Å². The average Bonchev–Trinajstić information content (AvgIpc) is 2.79. The van der Waals surface area contributed by atoms with E-state index in [2.05, 4.69) is 27.7 Å². The molecular weight excluding hydrogens is 380 g/mol. The van der Waals surface area contributed by atoms with Crippen molar-refractivity contribution in [2.45, 2.75) is 19.8 Å². The minimum Gasteiger partial charge on any atom is -0.368 e. The van der Waals surface area contributed by atoms with Crippen molar-refractivity contribution in [3.63, 3.8) is 0 Å². The Kier molecular flexibility index (Phi) is 7.43. The number of amides is 3. The third-order valence-corrected chi connectivity index (χ3v) is 5.11. The van der Waals surface area contributed by atoms with E-state index in [1.165, 1.54) is 5.69 Å². The van der Waals surface area contributed by atoms with Gasteiger partial charge in [0.1, 0.15) is 0 Å². The van der Waals surface area contributed by atoms with Gasteiger partial charge in [0, 0.05) is 62.5 Å². The van der Waals surface area contributed by atoms with Crippen LogP contribution < -0.4 is 15.5 Å². The van der Waals surface area contributed by atoms with Crippen molar-refractivity contribution in [3.05, 3.63) is 60.2 Å². The molecule has 0 saturated carbocycles. The quantitative estimate of drug-likeness (QED) is 0.738. The number of nitrogens with zero attached hydrogens (tertiary/aromatic N) is 2. The van der Waals surface area contributed by atoms with Crippen molar-refractivity contribution in [2.75, 3.05) is 42.9 Å². The van der Waals surface area contributed by atoms with Gasteiger partial charge < -0.3 is 20.4 Å². The van der Waals surface area contributed by atoms with Crippen molar-refractivity contribution >= 4 is 29.1 Å². The predicted octanol–water partition coefficient (Wildman–Crippen LogP) is 2.50. The maximum Gasteiger partial charge on any atom is 0.251 e. The van der Waals surface area contributed by atoms with Crippen molar-refractivity contribution in [1.82, 2.24) is 10.2 Å². The third-order valence-electron chi connectivity index (χ3n) is 5.11. The Hall–Kier alpha value is -3.35. The molecule has 158 valence electrons. The van der Waals surface area contributed by atoms with E-state index in [9.17, 15) is 14.4 Å². The molecule has 7 heteroatoms. The van der Waals surface area contributed by atoms with E-state index in [-0.39, 0.29) is 30.7 Å². The second kappa shape index (κ2) is 10.4. The molecule has 0 aromatic heterocycles. The topological polar surface area (TPSA) is 81.8 Å². The van der Waals surface area contributed by atoms with Gasteiger partial charge in [0.25, 0.3) is 5.91 Å². The lowest BCUT2D eigenvalue weighted by molar-refractivity contribution is -0.131. The zero-order valence-corrected chi connectivity index (χ0v) is 17.3. The summed E-state index contributed by atoms with van der Waals surface area (Å²) in [4.78, 5) is 40.5. The van der Waals surface area contributed by atoms with Crippen LogP contribution in [0.4, 0.5) is 11.4 Å². The molecule has 1 heterocycles.